The zero-order valence-electron chi connectivity index (χ0n) is 17.1. The Morgan fingerprint density at radius 3 is 2.77 bits per heavy atom. The molecule has 160 valence electrons. The van der Waals surface area contributed by atoms with Crippen LogP contribution < -0.4 is 10.2 Å². The second kappa shape index (κ2) is 10.6. The number of nitrogens with one attached hydrogen (secondary N) is 1. The van der Waals surface area contributed by atoms with E-state index in [-0.39, 0.29) is 5.91 Å². The molecule has 6 nitrogen and oxygen atoms in total. The molecule has 0 aliphatic carbocycles. The minimum atomic E-state index is -0.0851. The highest BCUT2D eigenvalue weighted by Crippen LogP contribution is 2.26. The highest BCUT2D eigenvalue weighted by molar-refractivity contribution is 7.98. The Balaban J connectivity index is 1.33. The molecule has 1 N–H and O–H groups in total. The average molecular weight is 454 g/mol. The van der Waals surface area contributed by atoms with Crippen molar-refractivity contribution in [2.24, 2.45) is 0 Å². The molecule has 4 rings (SSSR count). The normalized spacial score (nSPS) is 13.4. The quantitative estimate of drug-likeness (QED) is 0.310. The molecular formula is C23H24ClN5OS. The second-order valence-electron chi connectivity index (χ2n) is 7.34. The van der Waals surface area contributed by atoms with E-state index in [2.05, 4.69) is 25.2 Å². The van der Waals surface area contributed by atoms with Crippen LogP contribution in [-0.4, -0.2) is 40.5 Å². The standard InChI is InChI=1S/C23H24ClN5OS/c24-20-15-21(29-12-3-4-13-29)28-23(27-20)31-16-17-6-5-7-18(14-17)22(30)26-11-9-19-8-1-2-10-25-19/h1-2,5-8,10,14-15H,3-4,9,11-13,16H2,(H,26,30). The Bertz CT molecular complexity index is 1030. The van der Waals surface area contributed by atoms with E-state index in [9.17, 15) is 4.79 Å². The third-order valence-electron chi connectivity index (χ3n) is 5.04. The molecule has 0 atom stereocenters. The maximum Gasteiger partial charge on any atom is 0.251 e. The van der Waals surface area contributed by atoms with E-state index in [1.165, 1.54) is 24.6 Å². The van der Waals surface area contributed by atoms with Gasteiger partial charge in [0.25, 0.3) is 5.91 Å². The molecular weight excluding hydrogens is 430 g/mol. The summed E-state index contributed by atoms with van der Waals surface area (Å²) < 4.78 is 0. The van der Waals surface area contributed by atoms with Crippen LogP contribution in [0.4, 0.5) is 5.82 Å². The van der Waals surface area contributed by atoms with Gasteiger partial charge < -0.3 is 10.2 Å². The lowest BCUT2D eigenvalue weighted by Crippen LogP contribution is -2.25. The SMILES string of the molecule is O=C(NCCc1ccccn1)c1cccc(CSc2nc(Cl)cc(N3CCCC3)n2)c1. The molecule has 0 saturated carbocycles. The van der Waals surface area contributed by atoms with Crippen LogP contribution in [0.3, 0.4) is 0 Å². The fourth-order valence-electron chi connectivity index (χ4n) is 3.46. The number of carbonyl (C=O) groups excluding carboxylic acids is 1. The van der Waals surface area contributed by atoms with Gasteiger partial charge in [-0.25, -0.2) is 9.97 Å². The van der Waals surface area contributed by atoms with Crippen LogP contribution in [0.1, 0.15) is 34.5 Å². The van der Waals surface area contributed by atoms with Crippen LogP contribution >= 0.6 is 23.4 Å². The van der Waals surface area contributed by atoms with Crippen molar-refractivity contribution in [2.45, 2.75) is 30.2 Å². The molecule has 31 heavy (non-hydrogen) atoms. The number of anilines is 1. The summed E-state index contributed by atoms with van der Waals surface area (Å²) in [6.07, 6.45) is 4.82. The van der Waals surface area contributed by atoms with Gasteiger partial charge in [-0.1, -0.05) is 41.6 Å². The molecule has 0 spiro atoms. The van der Waals surface area contributed by atoms with Gasteiger partial charge >= 0.3 is 0 Å². The number of thioether (sulfide) groups is 1. The van der Waals surface area contributed by atoms with Crippen molar-refractivity contribution in [3.05, 3.63) is 76.7 Å². The summed E-state index contributed by atoms with van der Waals surface area (Å²) in [6.45, 7) is 2.56. The number of pyridine rings is 1. The molecule has 1 aliphatic heterocycles. The number of halogens is 1. The van der Waals surface area contributed by atoms with Gasteiger partial charge in [-0.2, -0.15) is 0 Å². The first-order chi connectivity index (χ1) is 15.2. The number of hydrogen-bond acceptors (Lipinski definition) is 6. The third kappa shape index (κ3) is 6.18. The predicted molar refractivity (Wildman–Crippen MR) is 125 cm³/mol. The first-order valence-corrected chi connectivity index (χ1v) is 11.7. The lowest BCUT2D eigenvalue weighted by Gasteiger charge is -2.16. The Morgan fingerprint density at radius 2 is 1.97 bits per heavy atom. The van der Waals surface area contributed by atoms with Gasteiger partial charge in [0.05, 0.1) is 0 Å². The fourth-order valence-corrected chi connectivity index (χ4v) is 4.48. The van der Waals surface area contributed by atoms with E-state index in [4.69, 9.17) is 11.6 Å². The molecule has 1 saturated heterocycles. The molecule has 1 aromatic carbocycles. The second-order valence-corrected chi connectivity index (χ2v) is 8.67. The highest BCUT2D eigenvalue weighted by Gasteiger charge is 2.16. The van der Waals surface area contributed by atoms with Crippen molar-refractivity contribution in [2.75, 3.05) is 24.5 Å². The zero-order chi connectivity index (χ0) is 21.5. The van der Waals surface area contributed by atoms with Crippen molar-refractivity contribution in [3.63, 3.8) is 0 Å². The number of hydrogen-bond donors (Lipinski definition) is 1. The van der Waals surface area contributed by atoms with Crippen LogP contribution in [0.15, 0.2) is 59.9 Å². The first-order valence-electron chi connectivity index (χ1n) is 10.4. The third-order valence-corrected chi connectivity index (χ3v) is 6.15. The Morgan fingerprint density at radius 1 is 1.10 bits per heavy atom. The molecule has 2 aromatic heterocycles. The van der Waals surface area contributed by atoms with Gasteiger partial charge in [-0.15, -0.1) is 0 Å². The monoisotopic (exact) mass is 453 g/mol. The fraction of sp³-hybridized carbons (Fsp3) is 0.304. The van der Waals surface area contributed by atoms with Crippen molar-refractivity contribution >= 4 is 35.1 Å². The maximum absolute atomic E-state index is 12.5. The molecule has 0 radical (unpaired) electrons. The average Bonchev–Trinajstić information content (AvgIpc) is 3.33. The summed E-state index contributed by atoms with van der Waals surface area (Å²) in [7, 11) is 0. The lowest BCUT2D eigenvalue weighted by molar-refractivity contribution is 0.0954. The zero-order valence-corrected chi connectivity index (χ0v) is 18.7. The van der Waals surface area contributed by atoms with E-state index in [1.807, 2.05) is 48.5 Å². The van der Waals surface area contributed by atoms with Gasteiger partial charge in [0.2, 0.25) is 0 Å². The van der Waals surface area contributed by atoms with E-state index < -0.39 is 0 Å². The van der Waals surface area contributed by atoms with E-state index in [1.54, 1.807) is 6.20 Å². The number of rotatable bonds is 8. The van der Waals surface area contributed by atoms with Crippen molar-refractivity contribution in [1.29, 1.82) is 0 Å². The smallest absolute Gasteiger partial charge is 0.251 e. The van der Waals surface area contributed by atoms with Crippen LogP contribution in [0, 0.1) is 0 Å². The van der Waals surface area contributed by atoms with Crippen molar-refractivity contribution < 1.29 is 4.79 Å². The van der Waals surface area contributed by atoms with Crippen molar-refractivity contribution in [1.82, 2.24) is 20.3 Å². The Kier molecular flexibility index (Phi) is 7.38. The summed E-state index contributed by atoms with van der Waals surface area (Å²) >= 11 is 7.74. The summed E-state index contributed by atoms with van der Waals surface area (Å²) in [5.41, 5.74) is 2.64. The lowest BCUT2D eigenvalue weighted by atomic mass is 10.1. The van der Waals surface area contributed by atoms with Crippen LogP contribution in [-0.2, 0) is 12.2 Å². The van der Waals surface area contributed by atoms with Gasteiger partial charge in [0.1, 0.15) is 11.0 Å². The van der Waals surface area contributed by atoms with Crippen LogP contribution in [0.25, 0.3) is 0 Å². The molecule has 1 fully saturated rings. The maximum atomic E-state index is 12.5. The molecule has 3 heterocycles. The topological polar surface area (TPSA) is 71.0 Å². The number of carbonyl (C=O) groups is 1. The molecule has 1 aliphatic rings. The molecule has 0 unspecified atom stereocenters. The van der Waals surface area contributed by atoms with Crippen LogP contribution in [0.5, 0.6) is 0 Å². The molecule has 0 bridgehead atoms. The summed E-state index contributed by atoms with van der Waals surface area (Å²) in [5, 5.41) is 4.07. The Hall–Kier alpha value is -2.64. The summed E-state index contributed by atoms with van der Waals surface area (Å²) in [4.78, 5) is 28.0. The van der Waals surface area contributed by atoms with E-state index in [0.717, 1.165) is 30.2 Å². The van der Waals surface area contributed by atoms with Gasteiger partial charge in [-0.05, 0) is 42.7 Å². The summed E-state index contributed by atoms with van der Waals surface area (Å²) in [6, 6.07) is 15.3. The number of amides is 1. The van der Waals surface area contributed by atoms with Crippen LogP contribution in [0.2, 0.25) is 5.15 Å². The molecule has 8 heteroatoms. The van der Waals surface area contributed by atoms with Crippen molar-refractivity contribution in [3.8, 4) is 0 Å². The predicted octanol–water partition coefficient (Wildman–Crippen LogP) is 4.39. The van der Waals surface area contributed by atoms with Gasteiger partial charge in [0, 0.05) is 55.3 Å². The minimum Gasteiger partial charge on any atom is -0.356 e. The molecule has 1 amide bonds. The minimum absolute atomic E-state index is 0.0851. The molecule has 3 aromatic rings. The van der Waals surface area contributed by atoms with E-state index in [0.29, 0.717) is 34.6 Å². The van der Waals surface area contributed by atoms with E-state index >= 15 is 0 Å². The largest absolute Gasteiger partial charge is 0.356 e. The Labute approximate surface area is 191 Å². The highest BCUT2D eigenvalue weighted by atomic mass is 35.5. The van der Waals surface area contributed by atoms with Gasteiger partial charge in [-0.3, -0.25) is 9.78 Å². The summed E-state index contributed by atoms with van der Waals surface area (Å²) in [5.74, 6) is 1.47. The number of benzene rings is 1. The number of aromatic nitrogens is 3. The number of nitrogens with zero attached hydrogens (tertiary/aromatic N) is 4. The van der Waals surface area contributed by atoms with Gasteiger partial charge in [0.15, 0.2) is 5.16 Å². The first kappa shape index (κ1) is 21.6.